The van der Waals surface area contributed by atoms with Crippen LogP contribution in [0.2, 0.25) is 0 Å². The summed E-state index contributed by atoms with van der Waals surface area (Å²) in [6.45, 7) is 6.27. The van der Waals surface area contributed by atoms with Gasteiger partial charge in [0.2, 0.25) is 0 Å². The number of rotatable bonds is 2. The van der Waals surface area contributed by atoms with Crippen molar-refractivity contribution in [3.8, 4) is 0 Å². The van der Waals surface area contributed by atoms with Gasteiger partial charge in [0.1, 0.15) is 0 Å². The minimum absolute atomic E-state index is 0.392. The van der Waals surface area contributed by atoms with Crippen LogP contribution >= 0.6 is 0 Å². The van der Waals surface area contributed by atoms with Crippen LogP contribution < -0.4 is 5.73 Å². The van der Waals surface area contributed by atoms with Crippen LogP contribution in [0.15, 0.2) is 40.7 Å². The molecule has 0 saturated heterocycles. The molecular weight excluding hydrogens is 184 g/mol. The number of nitrogens with two attached hydrogens (primary N) is 1. The van der Waals surface area contributed by atoms with E-state index < -0.39 is 0 Å². The van der Waals surface area contributed by atoms with Crippen LogP contribution in [0.5, 0.6) is 0 Å². The Labute approximate surface area is 92.3 Å². The predicted octanol–water partition coefficient (Wildman–Crippen LogP) is 3.18. The minimum Gasteiger partial charge on any atom is -0.401 e. The van der Waals surface area contributed by atoms with Crippen LogP contribution in [-0.4, -0.2) is 5.71 Å². The average Bonchev–Trinajstić information content (AvgIpc) is 2.23. The lowest BCUT2D eigenvalue weighted by Gasteiger charge is -2.15. The predicted molar refractivity (Wildman–Crippen MR) is 66.7 cm³/mol. The largest absolute Gasteiger partial charge is 0.401 e. The molecule has 15 heavy (non-hydrogen) atoms. The molecular formula is C13H20N2. The van der Waals surface area contributed by atoms with Crippen molar-refractivity contribution in [1.82, 2.24) is 0 Å². The second-order valence-corrected chi connectivity index (χ2v) is 3.92. The van der Waals surface area contributed by atoms with E-state index in [0.717, 1.165) is 29.8 Å². The summed E-state index contributed by atoms with van der Waals surface area (Å²) in [7, 11) is 0. The molecule has 82 valence electrons. The molecule has 2 heteroatoms. The topological polar surface area (TPSA) is 38.4 Å². The van der Waals surface area contributed by atoms with E-state index in [1.54, 1.807) is 0 Å². The standard InChI is InChI=1S/C13H20N2/c1-4-5-8-12-11(3)15-9-6-7-10(2)13(12)14/h5-6,8-10H,4,7,14H2,1-3H3/b8-5-,9-6-,13-12+,15-11-. The van der Waals surface area contributed by atoms with E-state index in [9.17, 15) is 0 Å². The fourth-order valence-corrected chi connectivity index (χ4v) is 1.55. The van der Waals surface area contributed by atoms with Gasteiger partial charge in [-0.3, -0.25) is 4.99 Å². The van der Waals surface area contributed by atoms with Crippen LogP contribution in [0.4, 0.5) is 0 Å². The summed E-state index contributed by atoms with van der Waals surface area (Å²) in [6.07, 6.45) is 10.1. The summed E-state index contributed by atoms with van der Waals surface area (Å²) in [4.78, 5) is 4.35. The minimum atomic E-state index is 0.392. The molecule has 0 fully saturated rings. The third-order valence-corrected chi connectivity index (χ3v) is 2.62. The number of nitrogens with zero attached hydrogens (tertiary/aromatic N) is 1. The first-order valence-electron chi connectivity index (χ1n) is 5.52. The molecule has 1 aliphatic heterocycles. The molecule has 1 atom stereocenters. The van der Waals surface area contributed by atoms with Crippen molar-refractivity contribution < 1.29 is 0 Å². The Morgan fingerprint density at radius 2 is 2.33 bits per heavy atom. The molecule has 1 aliphatic rings. The van der Waals surface area contributed by atoms with Gasteiger partial charge in [0.15, 0.2) is 0 Å². The van der Waals surface area contributed by atoms with E-state index in [1.165, 1.54) is 0 Å². The van der Waals surface area contributed by atoms with Crippen LogP contribution in [0.1, 0.15) is 33.6 Å². The number of aliphatic imine (C=N–C) groups is 1. The highest BCUT2D eigenvalue weighted by molar-refractivity contribution is 6.01. The van der Waals surface area contributed by atoms with E-state index in [1.807, 2.05) is 13.1 Å². The Morgan fingerprint density at radius 3 is 3.00 bits per heavy atom. The normalized spacial score (nSPS) is 33.3. The third kappa shape index (κ3) is 3.08. The van der Waals surface area contributed by atoms with Gasteiger partial charge in [-0.05, 0) is 25.7 Å². The van der Waals surface area contributed by atoms with Gasteiger partial charge in [-0.15, -0.1) is 0 Å². The molecule has 2 nitrogen and oxygen atoms in total. The zero-order chi connectivity index (χ0) is 11.3. The highest BCUT2D eigenvalue weighted by Gasteiger charge is 2.11. The second-order valence-electron chi connectivity index (χ2n) is 3.92. The lowest BCUT2D eigenvalue weighted by Crippen LogP contribution is -2.15. The molecule has 1 unspecified atom stereocenters. The average molecular weight is 204 g/mol. The molecule has 0 radical (unpaired) electrons. The SMILES string of the molecule is CC\C=C/C1=C(\N)C(C)C\C=C/N=C\1C. The van der Waals surface area contributed by atoms with E-state index in [-0.39, 0.29) is 0 Å². The lowest BCUT2D eigenvalue weighted by atomic mass is 9.96. The number of hydrogen-bond donors (Lipinski definition) is 1. The van der Waals surface area contributed by atoms with E-state index in [4.69, 9.17) is 5.73 Å². The Balaban J connectivity index is 3.10. The van der Waals surface area contributed by atoms with Crippen molar-refractivity contribution in [2.75, 3.05) is 0 Å². The highest BCUT2D eigenvalue weighted by atomic mass is 14.7. The maximum atomic E-state index is 6.14. The first kappa shape index (κ1) is 11.8. The molecule has 0 saturated carbocycles. The van der Waals surface area contributed by atoms with Gasteiger partial charge in [0.05, 0.1) is 0 Å². The summed E-state index contributed by atoms with van der Waals surface area (Å²) in [5.74, 6) is 0.392. The third-order valence-electron chi connectivity index (χ3n) is 2.62. The van der Waals surface area contributed by atoms with Gasteiger partial charge >= 0.3 is 0 Å². The maximum absolute atomic E-state index is 6.14. The lowest BCUT2D eigenvalue weighted by molar-refractivity contribution is 0.680. The Morgan fingerprint density at radius 1 is 1.60 bits per heavy atom. The molecule has 1 heterocycles. The Bertz CT molecular complexity index is 332. The number of allylic oxidation sites excluding steroid dienone is 5. The van der Waals surface area contributed by atoms with Gasteiger partial charge in [-0.1, -0.05) is 32.1 Å². The molecule has 0 spiro atoms. The molecule has 0 amide bonds. The highest BCUT2D eigenvalue weighted by Crippen LogP contribution is 2.19. The van der Waals surface area contributed by atoms with Gasteiger partial charge in [0.25, 0.3) is 0 Å². The smallest absolute Gasteiger partial charge is 0.0462 e. The zero-order valence-electron chi connectivity index (χ0n) is 9.83. The quantitative estimate of drug-likeness (QED) is 0.737. The van der Waals surface area contributed by atoms with E-state index in [2.05, 4.69) is 37.1 Å². The second kappa shape index (κ2) is 5.54. The summed E-state index contributed by atoms with van der Waals surface area (Å²) < 4.78 is 0. The Kier molecular flexibility index (Phi) is 4.35. The van der Waals surface area contributed by atoms with E-state index in [0.29, 0.717) is 5.92 Å². The van der Waals surface area contributed by atoms with Gasteiger partial charge in [-0.2, -0.15) is 0 Å². The van der Waals surface area contributed by atoms with Crippen LogP contribution in [-0.2, 0) is 0 Å². The van der Waals surface area contributed by atoms with E-state index >= 15 is 0 Å². The Hall–Kier alpha value is -1.31. The fourth-order valence-electron chi connectivity index (χ4n) is 1.55. The summed E-state index contributed by atoms with van der Waals surface area (Å²) in [5.41, 5.74) is 9.18. The molecule has 0 aliphatic carbocycles. The molecule has 0 bridgehead atoms. The summed E-state index contributed by atoms with van der Waals surface area (Å²) in [6, 6.07) is 0. The molecule has 0 aromatic rings. The molecule has 0 aromatic heterocycles. The van der Waals surface area contributed by atoms with Crippen molar-refractivity contribution in [2.24, 2.45) is 16.6 Å². The number of hydrogen-bond acceptors (Lipinski definition) is 2. The van der Waals surface area contributed by atoms with Gasteiger partial charge in [0, 0.05) is 23.2 Å². The fraction of sp³-hybridized carbons (Fsp3) is 0.462. The van der Waals surface area contributed by atoms with Crippen molar-refractivity contribution in [3.05, 3.63) is 35.7 Å². The van der Waals surface area contributed by atoms with Crippen molar-refractivity contribution >= 4 is 5.71 Å². The van der Waals surface area contributed by atoms with Crippen molar-refractivity contribution in [1.29, 1.82) is 0 Å². The van der Waals surface area contributed by atoms with Crippen LogP contribution in [0.3, 0.4) is 0 Å². The monoisotopic (exact) mass is 204 g/mol. The molecule has 0 aromatic carbocycles. The summed E-state index contributed by atoms with van der Waals surface area (Å²) >= 11 is 0. The van der Waals surface area contributed by atoms with Gasteiger partial charge < -0.3 is 5.73 Å². The van der Waals surface area contributed by atoms with Crippen LogP contribution in [0, 0.1) is 5.92 Å². The maximum Gasteiger partial charge on any atom is 0.0462 e. The van der Waals surface area contributed by atoms with Crippen molar-refractivity contribution in [3.63, 3.8) is 0 Å². The van der Waals surface area contributed by atoms with Gasteiger partial charge in [-0.25, -0.2) is 0 Å². The first-order chi connectivity index (χ1) is 7.16. The van der Waals surface area contributed by atoms with Crippen molar-refractivity contribution in [2.45, 2.75) is 33.6 Å². The molecule has 2 N–H and O–H groups in total. The van der Waals surface area contributed by atoms with Crippen LogP contribution in [0.25, 0.3) is 0 Å². The summed E-state index contributed by atoms with van der Waals surface area (Å²) in [5, 5.41) is 0. The molecule has 1 rings (SSSR count). The first-order valence-corrected chi connectivity index (χ1v) is 5.52. The zero-order valence-corrected chi connectivity index (χ0v) is 9.83.